The van der Waals surface area contributed by atoms with Crippen molar-refractivity contribution in [3.8, 4) is 0 Å². The Kier molecular flexibility index (Phi) is 3.04. The van der Waals surface area contributed by atoms with Crippen LogP contribution in [0, 0.1) is 6.92 Å². The van der Waals surface area contributed by atoms with Crippen molar-refractivity contribution in [2.45, 2.75) is 20.8 Å². The van der Waals surface area contributed by atoms with Crippen LogP contribution in [0.15, 0.2) is 22.8 Å². The van der Waals surface area contributed by atoms with Gasteiger partial charge in [0.25, 0.3) is 0 Å². The number of halogens is 1. The zero-order valence-electron chi connectivity index (χ0n) is 7.56. The fraction of sp³-hybridized carbons (Fsp3) is 0.300. The molecule has 0 amide bonds. The zero-order valence-corrected chi connectivity index (χ0v) is 9.14. The molecule has 0 N–H and O–H groups in total. The van der Waals surface area contributed by atoms with Crippen molar-refractivity contribution in [1.29, 1.82) is 0 Å². The van der Waals surface area contributed by atoms with E-state index < -0.39 is 0 Å². The number of hydrogen-bond donors (Lipinski definition) is 0. The van der Waals surface area contributed by atoms with E-state index in [9.17, 15) is 0 Å². The van der Waals surface area contributed by atoms with Gasteiger partial charge in [-0.05, 0) is 60.0 Å². The third-order valence-corrected chi connectivity index (χ3v) is 2.18. The molecule has 12 heavy (non-hydrogen) atoms. The predicted molar refractivity (Wildman–Crippen MR) is 56.0 cm³/mol. The van der Waals surface area contributed by atoms with Crippen molar-refractivity contribution in [2.24, 2.45) is 0 Å². The summed E-state index contributed by atoms with van der Waals surface area (Å²) in [6.45, 7) is 6.15. The highest BCUT2D eigenvalue weighted by atomic mass is 79.9. The molecule has 0 aliphatic carbocycles. The van der Waals surface area contributed by atoms with Crippen LogP contribution in [0.3, 0.4) is 0 Å². The molecule has 0 saturated carbocycles. The van der Waals surface area contributed by atoms with Gasteiger partial charge in [0.05, 0.1) is 5.69 Å². The van der Waals surface area contributed by atoms with Gasteiger partial charge in [-0.3, -0.25) is 0 Å². The van der Waals surface area contributed by atoms with E-state index in [1.54, 1.807) is 0 Å². The van der Waals surface area contributed by atoms with Crippen LogP contribution < -0.4 is 0 Å². The lowest BCUT2D eigenvalue weighted by Gasteiger charge is -2.02. The highest BCUT2D eigenvalue weighted by Crippen LogP contribution is 2.16. The largest absolute Gasteiger partial charge is 0.241 e. The second-order valence-electron chi connectivity index (χ2n) is 2.82. The number of pyridine rings is 1. The average molecular weight is 226 g/mol. The van der Waals surface area contributed by atoms with Gasteiger partial charge in [-0.1, -0.05) is 6.08 Å². The molecular formula is C10H12BrN. The Morgan fingerprint density at radius 1 is 1.50 bits per heavy atom. The van der Waals surface area contributed by atoms with Gasteiger partial charge < -0.3 is 0 Å². The smallest absolute Gasteiger partial charge is 0.107 e. The van der Waals surface area contributed by atoms with E-state index in [1.807, 2.05) is 13.0 Å². The molecule has 64 valence electrons. The molecular weight excluding hydrogens is 214 g/mol. The first kappa shape index (κ1) is 9.46. The van der Waals surface area contributed by atoms with Crippen LogP contribution in [0.25, 0.3) is 5.57 Å². The summed E-state index contributed by atoms with van der Waals surface area (Å²) in [5.74, 6) is 0. The lowest BCUT2D eigenvalue weighted by atomic mass is 10.1. The third-order valence-electron chi connectivity index (χ3n) is 1.78. The normalized spacial score (nSPS) is 11.8. The number of nitrogens with zero attached hydrogens (tertiary/aromatic N) is 1. The zero-order chi connectivity index (χ0) is 9.14. The molecule has 1 aromatic heterocycles. The Hall–Kier alpha value is -0.630. The second kappa shape index (κ2) is 3.85. The van der Waals surface area contributed by atoms with Crippen molar-refractivity contribution in [3.05, 3.63) is 34.1 Å². The van der Waals surface area contributed by atoms with Gasteiger partial charge in [-0.25, -0.2) is 4.98 Å². The topological polar surface area (TPSA) is 12.9 Å². The standard InChI is InChI=1S/C10H12BrN/c1-4-8(3)9-5-7(2)6-10(11)12-9/h4-6H,1-3H3. The maximum absolute atomic E-state index is 4.35. The van der Waals surface area contributed by atoms with Crippen LogP contribution >= 0.6 is 15.9 Å². The maximum Gasteiger partial charge on any atom is 0.107 e. The summed E-state index contributed by atoms with van der Waals surface area (Å²) in [5, 5.41) is 0. The van der Waals surface area contributed by atoms with Crippen molar-refractivity contribution < 1.29 is 0 Å². The summed E-state index contributed by atoms with van der Waals surface area (Å²) in [6, 6.07) is 4.09. The molecule has 1 nitrogen and oxygen atoms in total. The number of rotatable bonds is 1. The average Bonchev–Trinajstić information content (AvgIpc) is 2.01. The quantitative estimate of drug-likeness (QED) is 0.667. The van der Waals surface area contributed by atoms with E-state index in [1.165, 1.54) is 11.1 Å². The summed E-state index contributed by atoms with van der Waals surface area (Å²) in [6.07, 6.45) is 2.06. The number of aromatic nitrogens is 1. The Morgan fingerprint density at radius 3 is 2.67 bits per heavy atom. The Labute approximate surface area is 81.7 Å². The summed E-state index contributed by atoms with van der Waals surface area (Å²) in [7, 11) is 0. The fourth-order valence-corrected chi connectivity index (χ4v) is 1.53. The number of allylic oxidation sites excluding steroid dienone is 2. The van der Waals surface area contributed by atoms with Crippen LogP contribution in [0.4, 0.5) is 0 Å². The van der Waals surface area contributed by atoms with Gasteiger partial charge in [0.2, 0.25) is 0 Å². The lowest BCUT2D eigenvalue weighted by molar-refractivity contribution is 1.19. The van der Waals surface area contributed by atoms with Crippen molar-refractivity contribution in [1.82, 2.24) is 4.98 Å². The van der Waals surface area contributed by atoms with E-state index in [-0.39, 0.29) is 0 Å². The second-order valence-corrected chi connectivity index (χ2v) is 3.64. The molecule has 0 aliphatic heterocycles. The molecule has 0 unspecified atom stereocenters. The minimum atomic E-state index is 0.902. The van der Waals surface area contributed by atoms with Crippen molar-refractivity contribution in [2.75, 3.05) is 0 Å². The van der Waals surface area contributed by atoms with Crippen LogP contribution in [0.1, 0.15) is 25.1 Å². The third kappa shape index (κ3) is 2.18. The molecule has 0 fully saturated rings. The molecule has 0 aliphatic rings. The van der Waals surface area contributed by atoms with Crippen LogP contribution in [0.2, 0.25) is 0 Å². The van der Waals surface area contributed by atoms with Gasteiger partial charge in [0.1, 0.15) is 4.60 Å². The summed E-state index contributed by atoms with van der Waals surface area (Å²) >= 11 is 3.37. The van der Waals surface area contributed by atoms with E-state index >= 15 is 0 Å². The van der Waals surface area contributed by atoms with Gasteiger partial charge in [-0.15, -0.1) is 0 Å². The van der Waals surface area contributed by atoms with Crippen LogP contribution in [0.5, 0.6) is 0 Å². The summed E-state index contributed by atoms with van der Waals surface area (Å²) in [5.41, 5.74) is 3.48. The van der Waals surface area contributed by atoms with Crippen molar-refractivity contribution >= 4 is 21.5 Å². The minimum absolute atomic E-state index is 0.902. The predicted octanol–water partition coefficient (Wildman–Crippen LogP) is 3.58. The van der Waals surface area contributed by atoms with Gasteiger partial charge in [0.15, 0.2) is 0 Å². The number of aryl methyl sites for hydroxylation is 1. The Morgan fingerprint density at radius 2 is 2.17 bits per heavy atom. The van der Waals surface area contributed by atoms with Crippen LogP contribution in [-0.4, -0.2) is 4.98 Å². The maximum atomic E-state index is 4.35. The molecule has 1 rings (SSSR count). The van der Waals surface area contributed by atoms with Crippen molar-refractivity contribution in [3.63, 3.8) is 0 Å². The first-order valence-electron chi connectivity index (χ1n) is 3.91. The van der Waals surface area contributed by atoms with Gasteiger partial charge in [0, 0.05) is 0 Å². The summed E-state index contributed by atoms with van der Waals surface area (Å²) < 4.78 is 0.902. The molecule has 0 bridgehead atoms. The van der Waals surface area contributed by atoms with E-state index in [4.69, 9.17) is 0 Å². The molecule has 1 heterocycles. The molecule has 0 radical (unpaired) electrons. The SMILES string of the molecule is CC=C(C)c1cc(C)cc(Br)n1. The van der Waals surface area contributed by atoms with E-state index in [0.717, 1.165) is 10.3 Å². The molecule has 1 aromatic rings. The minimum Gasteiger partial charge on any atom is -0.241 e. The van der Waals surface area contributed by atoms with Crippen LogP contribution in [-0.2, 0) is 0 Å². The fourth-order valence-electron chi connectivity index (χ4n) is 0.975. The van der Waals surface area contributed by atoms with E-state index in [0.29, 0.717) is 0 Å². The molecule has 0 saturated heterocycles. The van der Waals surface area contributed by atoms with Gasteiger partial charge >= 0.3 is 0 Å². The van der Waals surface area contributed by atoms with E-state index in [2.05, 4.69) is 46.9 Å². The highest BCUT2D eigenvalue weighted by molar-refractivity contribution is 9.10. The Balaban J connectivity index is 3.17. The molecule has 0 aromatic carbocycles. The lowest BCUT2D eigenvalue weighted by Crippen LogP contribution is -1.88. The van der Waals surface area contributed by atoms with Gasteiger partial charge in [-0.2, -0.15) is 0 Å². The number of hydrogen-bond acceptors (Lipinski definition) is 1. The molecule has 0 spiro atoms. The monoisotopic (exact) mass is 225 g/mol. The highest BCUT2D eigenvalue weighted by Gasteiger charge is 1.98. The molecule has 0 atom stereocenters. The Bertz CT molecular complexity index is 295. The first-order valence-corrected chi connectivity index (χ1v) is 4.70. The molecule has 2 heteroatoms. The first-order chi connectivity index (χ1) is 5.63. The summed E-state index contributed by atoms with van der Waals surface area (Å²) in [4.78, 5) is 4.35.